The van der Waals surface area contributed by atoms with Crippen molar-refractivity contribution < 1.29 is 9.90 Å². The summed E-state index contributed by atoms with van der Waals surface area (Å²) < 4.78 is 0. The molecule has 0 atom stereocenters. The lowest BCUT2D eigenvalue weighted by Crippen LogP contribution is -1.97. The molecule has 2 N–H and O–H groups in total. The van der Waals surface area contributed by atoms with Crippen LogP contribution in [0.3, 0.4) is 0 Å². The van der Waals surface area contributed by atoms with Gasteiger partial charge in [-0.1, -0.05) is 43.3 Å². The Labute approximate surface area is 138 Å². The van der Waals surface area contributed by atoms with Gasteiger partial charge in [0, 0.05) is 16.1 Å². The van der Waals surface area contributed by atoms with Crippen molar-refractivity contribution in [3.63, 3.8) is 0 Å². The molecule has 3 aromatic rings. The SMILES string of the molecule is CCc1sc(Nc2cccc(C(=O)O)c2)nc1-c1ccccc1. The third kappa shape index (κ3) is 3.40. The minimum absolute atomic E-state index is 0.255. The van der Waals surface area contributed by atoms with Gasteiger partial charge in [-0.05, 0) is 24.6 Å². The summed E-state index contributed by atoms with van der Waals surface area (Å²) in [4.78, 5) is 16.9. The lowest BCUT2D eigenvalue weighted by Gasteiger charge is -2.03. The summed E-state index contributed by atoms with van der Waals surface area (Å²) in [5.41, 5.74) is 3.05. The first kappa shape index (κ1) is 15.2. The molecule has 0 saturated heterocycles. The zero-order chi connectivity index (χ0) is 16.2. The zero-order valence-corrected chi connectivity index (χ0v) is 13.4. The van der Waals surface area contributed by atoms with E-state index in [9.17, 15) is 4.79 Å². The van der Waals surface area contributed by atoms with Gasteiger partial charge in [-0.2, -0.15) is 0 Å². The summed E-state index contributed by atoms with van der Waals surface area (Å²) in [5.74, 6) is -0.938. The topological polar surface area (TPSA) is 62.2 Å². The summed E-state index contributed by atoms with van der Waals surface area (Å²) in [5, 5.41) is 13.0. The van der Waals surface area contributed by atoms with Gasteiger partial charge in [-0.25, -0.2) is 9.78 Å². The van der Waals surface area contributed by atoms with E-state index < -0.39 is 5.97 Å². The van der Waals surface area contributed by atoms with Crippen LogP contribution in [0, 0.1) is 0 Å². The van der Waals surface area contributed by atoms with Crippen LogP contribution in [-0.2, 0) is 6.42 Å². The number of benzene rings is 2. The molecule has 4 nitrogen and oxygen atoms in total. The predicted molar refractivity (Wildman–Crippen MR) is 93.6 cm³/mol. The Hall–Kier alpha value is -2.66. The summed E-state index contributed by atoms with van der Waals surface area (Å²) in [6.45, 7) is 2.11. The summed E-state index contributed by atoms with van der Waals surface area (Å²) in [6.07, 6.45) is 0.902. The second-order valence-corrected chi connectivity index (χ2v) is 6.10. The molecule has 3 rings (SSSR count). The van der Waals surface area contributed by atoms with Gasteiger partial charge in [0.25, 0.3) is 0 Å². The van der Waals surface area contributed by atoms with Crippen LogP contribution < -0.4 is 5.32 Å². The van der Waals surface area contributed by atoms with Gasteiger partial charge in [0.05, 0.1) is 11.3 Å². The van der Waals surface area contributed by atoms with E-state index in [0.717, 1.165) is 28.5 Å². The maximum Gasteiger partial charge on any atom is 0.335 e. The predicted octanol–water partition coefficient (Wildman–Crippen LogP) is 4.81. The number of carbonyl (C=O) groups is 1. The number of nitrogens with zero attached hydrogens (tertiary/aromatic N) is 1. The lowest BCUT2D eigenvalue weighted by molar-refractivity contribution is 0.0697. The first-order valence-electron chi connectivity index (χ1n) is 7.33. The highest BCUT2D eigenvalue weighted by atomic mass is 32.1. The van der Waals surface area contributed by atoms with Crippen molar-refractivity contribution in [2.24, 2.45) is 0 Å². The molecule has 0 unspecified atom stereocenters. The van der Waals surface area contributed by atoms with Crippen LogP contribution >= 0.6 is 11.3 Å². The van der Waals surface area contributed by atoms with Crippen molar-refractivity contribution in [2.75, 3.05) is 5.32 Å². The molecule has 0 aliphatic heterocycles. The number of anilines is 2. The maximum absolute atomic E-state index is 11.1. The monoisotopic (exact) mass is 324 g/mol. The number of carboxylic acids is 1. The molecule has 0 fully saturated rings. The molecule has 0 aliphatic rings. The Morgan fingerprint density at radius 1 is 1.17 bits per heavy atom. The number of rotatable bonds is 5. The van der Waals surface area contributed by atoms with Crippen molar-refractivity contribution in [1.29, 1.82) is 0 Å². The van der Waals surface area contributed by atoms with E-state index in [1.807, 2.05) is 36.4 Å². The number of hydrogen-bond acceptors (Lipinski definition) is 4. The molecule has 0 spiro atoms. The van der Waals surface area contributed by atoms with Gasteiger partial charge in [0.2, 0.25) is 0 Å². The van der Waals surface area contributed by atoms with Gasteiger partial charge < -0.3 is 10.4 Å². The van der Waals surface area contributed by atoms with Crippen LogP contribution in [0.25, 0.3) is 11.3 Å². The number of hydrogen-bond donors (Lipinski definition) is 2. The van der Waals surface area contributed by atoms with Crippen LogP contribution in [0.2, 0.25) is 0 Å². The van der Waals surface area contributed by atoms with Crippen LogP contribution in [0.5, 0.6) is 0 Å². The summed E-state index contributed by atoms with van der Waals surface area (Å²) in [7, 11) is 0. The first-order chi connectivity index (χ1) is 11.2. The zero-order valence-electron chi connectivity index (χ0n) is 12.6. The number of carboxylic acid groups (broad SMARTS) is 1. The molecule has 1 heterocycles. The fourth-order valence-corrected chi connectivity index (χ4v) is 3.26. The molecule has 0 radical (unpaired) electrons. The molecule has 1 aromatic heterocycles. The van der Waals surface area contributed by atoms with E-state index in [0.29, 0.717) is 0 Å². The number of nitrogens with one attached hydrogen (secondary N) is 1. The van der Waals surface area contributed by atoms with Crippen LogP contribution in [0.15, 0.2) is 54.6 Å². The van der Waals surface area contributed by atoms with E-state index in [4.69, 9.17) is 5.11 Å². The Kier molecular flexibility index (Phi) is 4.39. The normalized spacial score (nSPS) is 10.5. The van der Waals surface area contributed by atoms with Gasteiger partial charge in [-0.15, -0.1) is 11.3 Å². The van der Waals surface area contributed by atoms with E-state index >= 15 is 0 Å². The van der Waals surface area contributed by atoms with E-state index in [1.54, 1.807) is 29.5 Å². The largest absolute Gasteiger partial charge is 0.478 e. The Morgan fingerprint density at radius 2 is 1.96 bits per heavy atom. The van der Waals surface area contributed by atoms with Crippen molar-refractivity contribution in [3.05, 3.63) is 65.0 Å². The Morgan fingerprint density at radius 3 is 2.65 bits per heavy atom. The molecule has 0 bridgehead atoms. The average molecular weight is 324 g/mol. The molecule has 23 heavy (non-hydrogen) atoms. The molecule has 0 aliphatic carbocycles. The quantitative estimate of drug-likeness (QED) is 0.706. The third-order valence-electron chi connectivity index (χ3n) is 3.43. The van der Waals surface area contributed by atoms with Crippen LogP contribution in [0.4, 0.5) is 10.8 Å². The number of aromatic carboxylic acids is 1. The second-order valence-electron chi connectivity index (χ2n) is 5.02. The van der Waals surface area contributed by atoms with Crippen molar-refractivity contribution in [2.45, 2.75) is 13.3 Å². The fourth-order valence-electron chi connectivity index (χ4n) is 2.32. The highest BCUT2D eigenvalue weighted by Gasteiger charge is 2.12. The minimum atomic E-state index is -0.938. The molecule has 0 saturated carbocycles. The molecule has 0 amide bonds. The van der Waals surface area contributed by atoms with Gasteiger partial charge in [0.15, 0.2) is 5.13 Å². The van der Waals surface area contributed by atoms with Crippen molar-refractivity contribution >= 4 is 28.1 Å². The lowest BCUT2D eigenvalue weighted by atomic mass is 10.1. The van der Waals surface area contributed by atoms with Crippen molar-refractivity contribution in [3.8, 4) is 11.3 Å². The summed E-state index contributed by atoms with van der Waals surface area (Å²) >= 11 is 1.59. The third-order valence-corrected chi connectivity index (χ3v) is 4.54. The van der Waals surface area contributed by atoms with Crippen LogP contribution in [0.1, 0.15) is 22.2 Å². The minimum Gasteiger partial charge on any atom is -0.478 e. The maximum atomic E-state index is 11.1. The standard InChI is InChI=1S/C18H16N2O2S/c1-2-15-16(12-7-4-3-5-8-12)20-18(23-15)19-14-10-6-9-13(11-14)17(21)22/h3-11H,2H2,1H3,(H,19,20)(H,21,22). The van der Waals surface area contributed by atoms with E-state index in [-0.39, 0.29) is 5.56 Å². The van der Waals surface area contributed by atoms with E-state index in [1.165, 1.54) is 4.88 Å². The molecule has 116 valence electrons. The molecule has 2 aromatic carbocycles. The first-order valence-corrected chi connectivity index (χ1v) is 8.14. The Balaban J connectivity index is 1.91. The van der Waals surface area contributed by atoms with Crippen LogP contribution in [-0.4, -0.2) is 16.1 Å². The van der Waals surface area contributed by atoms with E-state index in [2.05, 4.69) is 17.2 Å². The van der Waals surface area contributed by atoms with Crippen molar-refractivity contribution in [1.82, 2.24) is 4.98 Å². The smallest absolute Gasteiger partial charge is 0.335 e. The number of thiazole rings is 1. The highest BCUT2D eigenvalue weighted by molar-refractivity contribution is 7.16. The van der Waals surface area contributed by atoms with Gasteiger partial charge in [0.1, 0.15) is 0 Å². The number of aryl methyl sites for hydroxylation is 1. The number of aromatic nitrogens is 1. The summed E-state index contributed by atoms with van der Waals surface area (Å²) in [6, 6.07) is 16.8. The molecular weight excluding hydrogens is 308 g/mol. The van der Waals surface area contributed by atoms with Gasteiger partial charge >= 0.3 is 5.97 Å². The van der Waals surface area contributed by atoms with Gasteiger partial charge in [-0.3, -0.25) is 0 Å². The average Bonchev–Trinajstić information content (AvgIpc) is 2.99. The molecule has 5 heteroatoms. The fraction of sp³-hybridized carbons (Fsp3) is 0.111. The highest BCUT2D eigenvalue weighted by Crippen LogP contribution is 2.33. The molecular formula is C18H16N2O2S. The Bertz CT molecular complexity index is 828. The second kappa shape index (κ2) is 6.62.